The molecule has 1 atom stereocenters. The minimum absolute atomic E-state index is 0.0600. The standard InChI is InChI=1S/C28H25NO7/c1-3-16-5-7-17(8-6-16)26(31)24-25(18-9-11-20(30)22(13-18)34-4-2)29(28(33)27(24)32)19-10-12-21-23(14-19)36-15-35-21/h5-14,25,30-31H,3-4,15H2,1-2H3/b26-24+. The average molecular weight is 488 g/mol. The van der Waals surface area contributed by atoms with E-state index in [9.17, 15) is 19.8 Å². The zero-order valence-corrected chi connectivity index (χ0v) is 19.9. The first-order chi connectivity index (χ1) is 17.4. The van der Waals surface area contributed by atoms with Gasteiger partial charge < -0.3 is 24.4 Å². The third-order valence-corrected chi connectivity index (χ3v) is 6.31. The number of aliphatic hydroxyl groups excluding tert-OH is 1. The van der Waals surface area contributed by atoms with Crippen LogP contribution in [0.1, 0.15) is 36.6 Å². The van der Waals surface area contributed by atoms with Gasteiger partial charge in [0.2, 0.25) is 6.79 Å². The monoisotopic (exact) mass is 487 g/mol. The molecule has 2 N–H and O–H groups in total. The van der Waals surface area contributed by atoms with Crippen LogP contribution in [0.4, 0.5) is 5.69 Å². The molecule has 0 bridgehead atoms. The Morgan fingerprint density at radius 1 is 1.00 bits per heavy atom. The first-order valence-corrected chi connectivity index (χ1v) is 11.7. The van der Waals surface area contributed by atoms with Crippen LogP contribution in [0.3, 0.4) is 0 Å². The number of aryl methyl sites for hydroxylation is 1. The number of ketones is 1. The number of fused-ring (bicyclic) bond motifs is 1. The van der Waals surface area contributed by atoms with Crippen LogP contribution in [0, 0.1) is 0 Å². The van der Waals surface area contributed by atoms with E-state index in [1.54, 1.807) is 49.4 Å². The number of aromatic hydroxyl groups is 1. The molecule has 0 radical (unpaired) electrons. The number of carbonyl (C=O) groups excluding carboxylic acids is 2. The Morgan fingerprint density at radius 2 is 1.75 bits per heavy atom. The van der Waals surface area contributed by atoms with Crippen LogP contribution in [0.15, 0.2) is 66.2 Å². The first-order valence-electron chi connectivity index (χ1n) is 11.7. The lowest BCUT2D eigenvalue weighted by atomic mass is 9.94. The van der Waals surface area contributed by atoms with E-state index in [-0.39, 0.29) is 29.6 Å². The largest absolute Gasteiger partial charge is 0.507 e. The van der Waals surface area contributed by atoms with Crippen molar-refractivity contribution in [3.8, 4) is 23.0 Å². The highest BCUT2D eigenvalue weighted by Crippen LogP contribution is 2.46. The number of hydrogen-bond donors (Lipinski definition) is 2. The molecule has 184 valence electrons. The molecule has 36 heavy (non-hydrogen) atoms. The van der Waals surface area contributed by atoms with Crippen molar-refractivity contribution in [2.24, 2.45) is 0 Å². The summed E-state index contributed by atoms with van der Waals surface area (Å²) in [5.41, 5.74) is 2.32. The number of phenolic OH excluding ortho intramolecular Hbond substituents is 1. The van der Waals surface area contributed by atoms with Gasteiger partial charge >= 0.3 is 0 Å². The number of carbonyl (C=O) groups is 2. The fourth-order valence-corrected chi connectivity index (χ4v) is 4.48. The summed E-state index contributed by atoms with van der Waals surface area (Å²) in [4.78, 5) is 28.1. The molecular weight excluding hydrogens is 462 g/mol. The molecule has 1 fully saturated rings. The molecule has 0 aromatic heterocycles. The molecule has 8 nitrogen and oxygen atoms in total. The van der Waals surface area contributed by atoms with Crippen molar-refractivity contribution in [3.63, 3.8) is 0 Å². The summed E-state index contributed by atoms with van der Waals surface area (Å²) in [6.07, 6.45) is 0.823. The number of hydrogen-bond acceptors (Lipinski definition) is 7. The highest BCUT2D eigenvalue weighted by atomic mass is 16.7. The number of ether oxygens (including phenoxy) is 3. The van der Waals surface area contributed by atoms with Gasteiger partial charge in [0, 0.05) is 17.3 Å². The zero-order valence-electron chi connectivity index (χ0n) is 19.9. The SMILES string of the molecule is CCOc1cc(C2/C(=C(\O)c3ccc(CC)cc3)C(=O)C(=O)N2c2ccc3c(c2)OCO3)ccc1O. The Kier molecular flexibility index (Phi) is 6.01. The molecule has 2 aliphatic rings. The molecular formula is C28H25NO7. The van der Waals surface area contributed by atoms with Crippen LogP contribution < -0.4 is 19.1 Å². The van der Waals surface area contributed by atoms with Crippen LogP contribution in [0.2, 0.25) is 0 Å². The van der Waals surface area contributed by atoms with Gasteiger partial charge in [-0.1, -0.05) is 37.3 Å². The molecule has 5 rings (SSSR count). The summed E-state index contributed by atoms with van der Waals surface area (Å²) in [6, 6.07) is 15.8. The number of anilines is 1. The molecule has 2 aliphatic heterocycles. The van der Waals surface area contributed by atoms with Crippen molar-refractivity contribution in [3.05, 3.63) is 82.9 Å². The summed E-state index contributed by atoms with van der Waals surface area (Å²) in [6.45, 7) is 4.17. The van der Waals surface area contributed by atoms with Crippen molar-refractivity contribution in [1.29, 1.82) is 0 Å². The van der Waals surface area contributed by atoms with Crippen molar-refractivity contribution in [2.75, 3.05) is 18.3 Å². The van der Waals surface area contributed by atoms with E-state index >= 15 is 0 Å². The minimum Gasteiger partial charge on any atom is -0.507 e. The van der Waals surface area contributed by atoms with E-state index in [2.05, 4.69) is 0 Å². The molecule has 3 aromatic rings. The highest BCUT2D eigenvalue weighted by molar-refractivity contribution is 6.51. The van der Waals surface area contributed by atoms with Gasteiger partial charge in [-0.2, -0.15) is 0 Å². The molecule has 1 unspecified atom stereocenters. The number of phenols is 1. The van der Waals surface area contributed by atoms with E-state index < -0.39 is 17.7 Å². The van der Waals surface area contributed by atoms with Crippen LogP contribution in [-0.4, -0.2) is 35.3 Å². The maximum Gasteiger partial charge on any atom is 0.300 e. The van der Waals surface area contributed by atoms with E-state index in [1.807, 2.05) is 19.1 Å². The van der Waals surface area contributed by atoms with Gasteiger partial charge in [-0.05, 0) is 48.7 Å². The quantitative estimate of drug-likeness (QED) is 0.295. The number of rotatable bonds is 6. The molecule has 2 heterocycles. The van der Waals surface area contributed by atoms with Gasteiger partial charge in [0.1, 0.15) is 5.76 Å². The van der Waals surface area contributed by atoms with Crippen LogP contribution in [-0.2, 0) is 16.0 Å². The van der Waals surface area contributed by atoms with Crippen molar-refractivity contribution in [2.45, 2.75) is 26.3 Å². The first kappa shape index (κ1) is 23.3. The molecule has 0 spiro atoms. The average Bonchev–Trinajstić information content (AvgIpc) is 3.47. The number of nitrogens with zero attached hydrogens (tertiary/aromatic N) is 1. The molecule has 0 saturated carbocycles. The summed E-state index contributed by atoms with van der Waals surface area (Å²) in [7, 11) is 0. The van der Waals surface area contributed by atoms with Crippen LogP contribution >= 0.6 is 0 Å². The summed E-state index contributed by atoms with van der Waals surface area (Å²) < 4.78 is 16.4. The van der Waals surface area contributed by atoms with Gasteiger partial charge in [0.25, 0.3) is 11.7 Å². The molecule has 0 aliphatic carbocycles. The van der Waals surface area contributed by atoms with Crippen molar-refractivity contribution < 1.29 is 34.0 Å². The lowest BCUT2D eigenvalue weighted by molar-refractivity contribution is -0.132. The second kappa shape index (κ2) is 9.30. The maximum absolute atomic E-state index is 13.4. The normalized spacial score (nSPS) is 18.1. The number of Topliss-reactive ketones (excluding diaryl/α,β-unsaturated/α-hetero) is 1. The van der Waals surface area contributed by atoms with Gasteiger partial charge in [-0.3, -0.25) is 14.5 Å². The molecule has 1 amide bonds. The predicted molar refractivity (Wildman–Crippen MR) is 132 cm³/mol. The summed E-state index contributed by atoms with van der Waals surface area (Å²) in [5, 5.41) is 21.5. The smallest absolute Gasteiger partial charge is 0.300 e. The molecule has 1 saturated heterocycles. The van der Waals surface area contributed by atoms with E-state index in [1.165, 1.54) is 11.0 Å². The van der Waals surface area contributed by atoms with Gasteiger partial charge in [-0.25, -0.2) is 0 Å². The van der Waals surface area contributed by atoms with E-state index in [0.29, 0.717) is 34.9 Å². The van der Waals surface area contributed by atoms with E-state index in [4.69, 9.17) is 14.2 Å². The Labute approximate surface area is 208 Å². The topological polar surface area (TPSA) is 106 Å². The third kappa shape index (κ3) is 3.90. The number of aliphatic hydroxyl groups is 1. The Morgan fingerprint density at radius 3 is 2.47 bits per heavy atom. The van der Waals surface area contributed by atoms with Crippen molar-refractivity contribution >= 4 is 23.1 Å². The Balaban J connectivity index is 1.70. The predicted octanol–water partition coefficient (Wildman–Crippen LogP) is 4.71. The Bertz CT molecular complexity index is 1380. The lowest BCUT2D eigenvalue weighted by Gasteiger charge is -2.26. The van der Waals surface area contributed by atoms with Gasteiger partial charge in [-0.15, -0.1) is 0 Å². The fraction of sp³-hybridized carbons (Fsp3) is 0.214. The second-order valence-electron chi connectivity index (χ2n) is 8.42. The summed E-state index contributed by atoms with van der Waals surface area (Å²) in [5.74, 6) is -0.780. The van der Waals surface area contributed by atoms with Gasteiger partial charge in [0.15, 0.2) is 23.0 Å². The van der Waals surface area contributed by atoms with Crippen LogP contribution in [0.5, 0.6) is 23.0 Å². The fourth-order valence-electron chi connectivity index (χ4n) is 4.48. The van der Waals surface area contributed by atoms with E-state index in [0.717, 1.165) is 12.0 Å². The number of amides is 1. The molecule has 3 aromatic carbocycles. The zero-order chi connectivity index (χ0) is 25.4. The second-order valence-corrected chi connectivity index (χ2v) is 8.42. The number of benzene rings is 3. The summed E-state index contributed by atoms with van der Waals surface area (Å²) >= 11 is 0. The van der Waals surface area contributed by atoms with Gasteiger partial charge in [0.05, 0.1) is 18.2 Å². The lowest BCUT2D eigenvalue weighted by Crippen LogP contribution is -2.29. The maximum atomic E-state index is 13.4. The van der Waals surface area contributed by atoms with Crippen molar-refractivity contribution in [1.82, 2.24) is 0 Å². The highest BCUT2D eigenvalue weighted by Gasteiger charge is 2.47. The van der Waals surface area contributed by atoms with Crippen LogP contribution in [0.25, 0.3) is 5.76 Å². The minimum atomic E-state index is -0.976. The Hall–Kier alpha value is -4.46. The molecule has 8 heteroatoms. The third-order valence-electron chi connectivity index (χ3n) is 6.31.